The fourth-order valence-electron chi connectivity index (χ4n) is 2.71. The molecule has 0 bridgehead atoms. The third-order valence-corrected chi connectivity index (χ3v) is 4.28. The van der Waals surface area contributed by atoms with Crippen molar-refractivity contribution in [2.45, 2.75) is 32.1 Å². The third-order valence-electron chi connectivity index (χ3n) is 4.28. The summed E-state index contributed by atoms with van der Waals surface area (Å²) in [5, 5.41) is 0. The summed E-state index contributed by atoms with van der Waals surface area (Å²) in [4.78, 5) is 31.9. The standard InChI is InChI=1S/C16H21N3O2/c1-12(14-3-2-6-17-8-14)7-15(20)19-10-16(21)18(11-19)9-13-4-5-13/h2-3,6,8,12-13H,4-5,7,9-11H2,1H3. The number of nitrogens with zero attached hydrogens (tertiary/aromatic N) is 3. The molecule has 3 rings (SSSR count). The molecule has 1 unspecified atom stereocenters. The second-order valence-corrected chi connectivity index (χ2v) is 6.18. The highest BCUT2D eigenvalue weighted by atomic mass is 16.2. The summed E-state index contributed by atoms with van der Waals surface area (Å²) < 4.78 is 0. The molecule has 21 heavy (non-hydrogen) atoms. The molecule has 0 aromatic carbocycles. The Morgan fingerprint density at radius 1 is 1.48 bits per heavy atom. The highest BCUT2D eigenvalue weighted by Gasteiger charge is 2.34. The molecule has 5 heteroatoms. The van der Waals surface area contributed by atoms with E-state index in [1.807, 2.05) is 24.0 Å². The third kappa shape index (κ3) is 3.40. The van der Waals surface area contributed by atoms with Gasteiger partial charge < -0.3 is 9.80 Å². The normalized spacial score (nSPS) is 20.0. The van der Waals surface area contributed by atoms with E-state index in [1.54, 1.807) is 17.3 Å². The average Bonchev–Trinajstić information content (AvgIpc) is 3.23. The van der Waals surface area contributed by atoms with Crippen LogP contribution in [0.2, 0.25) is 0 Å². The molecular weight excluding hydrogens is 266 g/mol. The molecule has 0 radical (unpaired) electrons. The van der Waals surface area contributed by atoms with Crippen molar-refractivity contribution in [1.82, 2.24) is 14.8 Å². The van der Waals surface area contributed by atoms with Gasteiger partial charge in [-0.2, -0.15) is 0 Å². The van der Waals surface area contributed by atoms with Gasteiger partial charge in [0.1, 0.15) is 6.54 Å². The lowest BCUT2D eigenvalue weighted by Gasteiger charge is -2.19. The molecule has 0 spiro atoms. The molecule has 1 aromatic heterocycles. The predicted molar refractivity (Wildman–Crippen MR) is 78.3 cm³/mol. The maximum absolute atomic E-state index is 12.3. The second-order valence-electron chi connectivity index (χ2n) is 6.18. The Kier molecular flexibility index (Phi) is 3.90. The molecular formula is C16H21N3O2. The molecule has 2 aliphatic rings. The van der Waals surface area contributed by atoms with Gasteiger partial charge in [-0.25, -0.2) is 0 Å². The molecule has 112 valence electrons. The summed E-state index contributed by atoms with van der Waals surface area (Å²) in [7, 11) is 0. The van der Waals surface area contributed by atoms with Crippen LogP contribution in [0.25, 0.3) is 0 Å². The topological polar surface area (TPSA) is 53.5 Å². The van der Waals surface area contributed by atoms with Gasteiger partial charge in [0.05, 0.1) is 6.67 Å². The van der Waals surface area contributed by atoms with E-state index in [1.165, 1.54) is 12.8 Å². The second kappa shape index (κ2) is 5.84. The molecule has 1 atom stereocenters. The van der Waals surface area contributed by atoms with Crippen molar-refractivity contribution in [1.29, 1.82) is 0 Å². The van der Waals surface area contributed by atoms with E-state index in [-0.39, 0.29) is 24.3 Å². The van der Waals surface area contributed by atoms with E-state index in [0.717, 1.165) is 12.1 Å². The van der Waals surface area contributed by atoms with Crippen molar-refractivity contribution in [3.8, 4) is 0 Å². The lowest BCUT2D eigenvalue weighted by molar-refractivity contribution is -0.132. The number of hydrogen-bond acceptors (Lipinski definition) is 3. The highest BCUT2D eigenvalue weighted by Crippen LogP contribution is 2.30. The summed E-state index contributed by atoms with van der Waals surface area (Å²) in [5.74, 6) is 0.930. The van der Waals surface area contributed by atoms with Crippen molar-refractivity contribution in [2.75, 3.05) is 19.8 Å². The Labute approximate surface area is 124 Å². The van der Waals surface area contributed by atoms with Crippen LogP contribution in [0.4, 0.5) is 0 Å². The van der Waals surface area contributed by atoms with Crippen LogP contribution in [-0.4, -0.2) is 46.4 Å². The lowest BCUT2D eigenvalue weighted by atomic mass is 9.99. The predicted octanol–water partition coefficient (Wildman–Crippen LogP) is 1.61. The number of carbonyl (C=O) groups excluding carboxylic acids is 2. The van der Waals surface area contributed by atoms with Gasteiger partial charge in [0.25, 0.3) is 0 Å². The van der Waals surface area contributed by atoms with Crippen LogP contribution in [0.1, 0.15) is 37.7 Å². The molecule has 5 nitrogen and oxygen atoms in total. The minimum absolute atomic E-state index is 0.0537. The van der Waals surface area contributed by atoms with Crippen molar-refractivity contribution in [3.63, 3.8) is 0 Å². The van der Waals surface area contributed by atoms with Crippen molar-refractivity contribution >= 4 is 11.8 Å². The first-order valence-corrected chi connectivity index (χ1v) is 7.59. The van der Waals surface area contributed by atoms with E-state index in [2.05, 4.69) is 4.98 Å². The van der Waals surface area contributed by atoms with Crippen LogP contribution in [0, 0.1) is 5.92 Å². The first kappa shape index (κ1) is 14.0. The van der Waals surface area contributed by atoms with E-state index in [0.29, 0.717) is 19.0 Å². The highest BCUT2D eigenvalue weighted by molar-refractivity contribution is 5.88. The monoisotopic (exact) mass is 287 g/mol. The molecule has 2 fully saturated rings. The molecule has 1 aliphatic heterocycles. The molecule has 2 heterocycles. The minimum atomic E-state index is 0.0537. The Hall–Kier alpha value is -1.91. The Morgan fingerprint density at radius 3 is 2.95 bits per heavy atom. The van der Waals surface area contributed by atoms with Crippen molar-refractivity contribution in [3.05, 3.63) is 30.1 Å². The number of rotatable bonds is 5. The van der Waals surface area contributed by atoms with Gasteiger partial charge in [0.15, 0.2) is 0 Å². The molecule has 1 saturated carbocycles. The number of aromatic nitrogens is 1. The summed E-state index contributed by atoms with van der Waals surface area (Å²) >= 11 is 0. The number of carbonyl (C=O) groups is 2. The van der Waals surface area contributed by atoms with Crippen LogP contribution in [0.5, 0.6) is 0 Å². The first-order chi connectivity index (χ1) is 10.1. The molecule has 1 saturated heterocycles. The van der Waals surface area contributed by atoms with Gasteiger partial charge in [-0.3, -0.25) is 14.6 Å². The molecule has 1 aliphatic carbocycles. The van der Waals surface area contributed by atoms with Gasteiger partial charge in [-0.05, 0) is 36.3 Å². The van der Waals surface area contributed by atoms with Crippen molar-refractivity contribution < 1.29 is 9.59 Å². The number of amides is 2. The number of hydrogen-bond donors (Lipinski definition) is 0. The minimum Gasteiger partial charge on any atom is -0.323 e. The Morgan fingerprint density at radius 2 is 2.29 bits per heavy atom. The Balaban J connectivity index is 1.54. The SMILES string of the molecule is CC(CC(=O)N1CC(=O)N(CC2CC2)C1)c1cccnc1. The van der Waals surface area contributed by atoms with Crippen LogP contribution in [-0.2, 0) is 9.59 Å². The summed E-state index contributed by atoms with van der Waals surface area (Å²) in [5.41, 5.74) is 1.06. The van der Waals surface area contributed by atoms with Gasteiger partial charge in [0, 0.05) is 25.4 Å². The molecule has 2 amide bonds. The lowest BCUT2D eigenvalue weighted by Crippen LogP contribution is -2.32. The van der Waals surface area contributed by atoms with Gasteiger partial charge in [0.2, 0.25) is 11.8 Å². The van der Waals surface area contributed by atoms with E-state index in [4.69, 9.17) is 0 Å². The van der Waals surface area contributed by atoms with Crippen LogP contribution < -0.4 is 0 Å². The zero-order valence-electron chi connectivity index (χ0n) is 12.4. The average molecular weight is 287 g/mol. The van der Waals surface area contributed by atoms with Crippen molar-refractivity contribution in [2.24, 2.45) is 5.92 Å². The maximum Gasteiger partial charge on any atom is 0.243 e. The fourth-order valence-corrected chi connectivity index (χ4v) is 2.71. The van der Waals surface area contributed by atoms with Crippen LogP contribution >= 0.6 is 0 Å². The maximum atomic E-state index is 12.3. The number of pyridine rings is 1. The van der Waals surface area contributed by atoms with E-state index < -0.39 is 0 Å². The zero-order valence-corrected chi connectivity index (χ0v) is 12.4. The Bertz CT molecular complexity index is 528. The van der Waals surface area contributed by atoms with Crippen LogP contribution in [0.15, 0.2) is 24.5 Å². The zero-order chi connectivity index (χ0) is 14.8. The van der Waals surface area contributed by atoms with Gasteiger partial charge in [-0.1, -0.05) is 13.0 Å². The summed E-state index contributed by atoms with van der Waals surface area (Å²) in [6.07, 6.45) is 6.39. The fraction of sp³-hybridized carbons (Fsp3) is 0.562. The van der Waals surface area contributed by atoms with E-state index in [9.17, 15) is 9.59 Å². The largest absolute Gasteiger partial charge is 0.323 e. The van der Waals surface area contributed by atoms with Gasteiger partial charge >= 0.3 is 0 Å². The molecule has 0 N–H and O–H groups in total. The molecule has 1 aromatic rings. The van der Waals surface area contributed by atoms with Gasteiger partial charge in [-0.15, -0.1) is 0 Å². The van der Waals surface area contributed by atoms with Crippen LogP contribution in [0.3, 0.4) is 0 Å². The first-order valence-electron chi connectivity index (χ1n) is 7.59. The summed E-state index contributed by atoms with van der Waals surface area (Å²) in [6, 6.07) is 3.87. The quantitative estimate of drug-likeness (QED) is 0.827. The summed E-state index contributed by atoms with van der Waals surface area (Å²) in [6.45, 7) is 3.55. The smallest absolute Gasteiger partial charge is 0.243 e. The van der Waals surface area contributed by atoms with E-state index >= 15 is 0 Å².